The Morgan fingerprint density at radius 3 is 1.05 bits per heavy atom. The van der Waals surface area contributed by atoms with Crippen molar-refractivity contribution in [2.45, 2.75) is 142 Å². The van der Waals surface area contributed by atoms with E-state index in [1.54, 1.807) is 87.1 Å². The third kappa shape index (κ3) is 18.0. The minimum atomic E-state index is -3.19. The molecule has 3 N–H and O–H groups in total. The van der Waals surface area contributed by atoms with Crippen LogP contribution in [0.15, 0.2) is 110 Å². The van der Waals surface area contributed by atoms with E-state index in [0.29, 0.717) is 73.5 Å². The second-order valence-corrected chi connectivity index (χ2v) is 26.4. The molecule has 3 saturated carbocycles. The zero-order valence-corrected chi connectivity index (χ0v) is 56.9. The van der Waals surface area contributed by atoms with Crippen LogP contribution in [0.3, 0.4) is 0 Å². The Bertz CT molecular complexity index is 4600. The van der Waals surface area contributed by atoms with Crippen LogP contribution in [-0.2, 0) is 4.79 Å². The molecule has 550 valence electrons. The number of carbonyl (C=O) groups excluding carboxylic acids is 4. The maximum absolute atomic E-state index is 13.3. The molecule has 6 aromatic heterocycles. The van der Waals surface area contributed by atoms with Crippen LogP contribution in [0.2, 0.25) is 0 Å². The number of aromatic nitrogens is 6. The van der Waals surface area contributed by atoms with Gasteiger partial charge in [-0.2, -0.15) is 41.6 Å². The van der Waals surface area contributed by atoms with Crippen molar-refractivity contribution < 1.29 is 117 Å². The lowest BCUT2D eigenvalue weighted by Gasteiger charge is -2.27. The van der Waals surface area contributed by atoms with Crippen molar-refractivity contribution in [2.75, 3.05) is 27.9 Å². The normalized spacial score (nSPS) is 17.7. The number of carbonyl (C=O) groups is 4. The van der Waals surface area contributed by atoms with Gasteiger partial charge in [0.05, 0.1) is 81.7 Å². The van der Waals surface area contributed by atoms with Crippen LogP contribution in [-0.4, -0.2) is 157 Å². The van der Waals surface area contributed by atoms with Crippen molar-refractivity contribution in [1.29, 1.82) is 0 Å². The smallest absolute Gasteiger partial charge is 0.387 e. The molecule has 103 heavy (non-hydrogen) atoms. The van der Waals surface area contributed by atoms with E-state index >= 15 is 0 Å². The molecule has 3 aliphatic carbocycles. The predicted octanol–water partition coefficient (Wildman–Crippen LogP) is 13.6. The van der Waals surface area contributed by atoms with Gasteiger partial charge in [-0.3, -0.25) is 19.2 Å². The van der Waals surface area contributed by atoms with Crippen LogP contribution >= 0.6 is 0 Å². The van der Waals surface area contributed by atoms with E-state index in [1.165, 1.54) is 99.3 Å². The Balaban J connectivity index is 0.000000166. The zero-order chi connectivity index (χ0) is 74.7. The van der Waals surface area contributed by atoms with E-state index in [1.807, 2.05) is 0 Å². The van der Waals surface area contributed by atoms with Gasteiger partial charge >= 0.3 is 19.8 Å². The minimum Gasteiger partial charge on any atom is -0.496 e. The minimum absolute atomic E-state index is 0.0252. The van der Waals surface area contributed by atoms with Gasteiger partial charge in [0.2, 0.25) is 0 Å². The molecule has 0 unspecified atom stereocenters. The molecule has 0 bridgehead atoms. The monoisotopic (exact) mass is 1450 g/mol. The van der Waals surface area contributed by atoms with Gasteiger partial charge in [0.25, 0.3) is 0 Å². The largest absolute Gasteiger partial charge is 0.496 e. The van der Waals surface area contributed by atoms with Crippen LogP contribution in [0.4, 0.5) is 39.5 Å². The molecule has 0 spiro atoms. The van der Waals surface area contributed by atoms with E-state index in [0.717, 1.165) is 0 Å². The number of pyridine rings is 3. The first-order chi connectivity index (χ1) is 48.7. The molecule has 6 atom stereocenters. The van der Waals surface area contributed by atoms with Crippen molar-refractivity contribution in [3.8, 4) is 85.1 Å². The standard InChI is InChI=1S/C24H25F3N2O6.C24H25F3N2O5.C24H23F3N2O5/c1-24(2,22(31)32)35-14-4-5-17-15(10-28-29(17)11-14)12-8-19(33-3)21(20(9-12)34-23(26)27)18(30)7-13-6-16(13)25;2*1-24(2,12-30)34-15-4-5-18-16(10-28-29(18)11-15)13-8-20(32-3)22(21(9-13)33-23(26)27)19(31)7-14-6-17(14)25/h4-5,8-11,13,16,22-23,31-32H,6-7H2,1-3H3;4-5,8-11,14,17,23,30H,6-7,12H2,1-3H3;4-5,8-12,14,17,23H,6-7H2,1-3H3/t13-,16-;2*14-,17-/m000/s1. The number of hydrogen-bond donors (Lipinski definition) is 3. The zero-order valence-electron chi connectivity index (χ0n) is 56.9. The fourth-order valence-corrected chi connectivity index (χ4v) is 11.2. The summed E-state index contributed by atoms with van der Waals surface area (Å²) in [6.45, 7) is 0.0195. The molecular formula is C72H73F9N6O16. The molecule has 6 heterocycles. The Morgan fingerprint density at radius 2 is 0.786 bits per heavy atom. The summed E-state index contributed by atoms with van der Waals surface area (Å²) in [5, 5.41) is 41.2. The van der Waals surface area contributed by atoms with Crippen LogP contribution < -0.4 is 42.6 Å². The van der Waals surface area contributed by atoms with Gasteiger partial charge in [0.15, 0.2) is 41.1 Å². The number of ketones is 3. The number of rotatable bonds is 30. The summed E-state index contributed by atoms with van der Waals surface area (Å²) in [6.07, 6.45) is 5.53. The topological polar surface area (TPSA) is 264 Å². The van der Waals surface area contributed by atoms with Gasteiger partial charge in [-0.15, -0.1) is 0 Å². The Hall–Kier alpha value is -10.1. The first-order valence-electron chi connectivity index (χ1n) is 32.2. The Morgan fingerprint density at radius 1 is 0.495 bits per heavy atom. The predicted molar refractivity (Wildman–Crippen MR) is 353 cm³/mol. The van der Waals surface area contributed by atoms with Gasteiger partial charge in [-0.25, -0.2) is 26.7 Å². The molecule has 0 saturated heterocycles. The van der Waals surface area contributed by atoms with Crippen molar-refractivity contribution in [3.63, 3.8) is 0 Å². The number of aliphatic hydroxyl groups excluding tert-OH is 2. The van der Waals surface area contributed by atoms with Gasteiger partial charge in [-0.1, -0.05) is 0 Å². The van der Waals surface area contributed by atoms with Crippen molar-refractivity contribution >= 4 is 40.2 Å². The first kappa shape index (κ1) is 75.5. The summed E-state index contributed by atoms with van der Waals surface area (Å²) >= 11 is 0. The molecule has 3 aliphatic rings. The van der Waals surface area contributed by atoms with Gasteiger partial charge in [-0.05, 0) is 150 Å². The number of Topliss-reactive ketones (excluding diaryl/α,β-unsaturated/α-hetero) is 3. The summed E-state index contributed by atoms with van der Waals surface area (Å²) in [7, 11) is 3.93. The van der Waals surface area contributed by atoms with E-state index < -0.39 is 96.5 Å². The van der Waals surface area contributed by atoms with Crippen molar-refractivity contribution in [3.05, 3.63) is 127 Å². The number of aldehydes is 1. The van der Waals surface area contributed by atoms with Gasteiger partial charge in [0, 0.05) is 53.7 Å². The second-order valence-electron chi connectivity index (χ2n) is 26.4. The number of nitrogens with zero attached hydrogens (tertiary/aromatic N) is 6. The van der Waals surface area contributed by atoms with Crippen LogP contribution in [0.5, 0.6) is 51.7 Å². The average molecular weight is 1450 g/mol. The molecule has 31 heteroatoms. The van der Waals surface area contributed by atoms with E-state index in [9.17, 15) is 74.0 Å². The molecule has 12 rings (SSSR count). The van der Waals surface area contributed by atoms with Gasteiger partial charge < -0.3 is 58.0 Å². The Labute approximate surface area is 582 Å². The summed E-state index contributed by atoms with van der Waals surface area (Å²) in [6, 6.07) is 18.6. The van der Waals surface area contributed by atoms with E-state index in [2.05, 4.69) is 29.5 Å². The van der Waals surface area contributed by atoms with E-state index in [-0.39, 0.29) is 96.3 Å². The highest BCUT2D eigenvalue weighted by molar-refractivity contribution is 6.05. The maximum atomic E-state index is 13.3. The summed E-state index contributed by atoms with van der Waals surface area (Å²) in [5.41, 5.74) is 1.23. The SMILES string of the molecule is COc1cc(-c2cnn3cc(OC(C)(C)C(O)O)ccc23)cc(OC(F)F)c1C(=O)C[C@@H]1C[C@@H]1F.COc1cc(-c2cnn3cc(OC(C)(C)C=O)ccc23)cc(OC(F)F)c1C(=O)C[C@@H]1C[C@@H]1F.COc1cc(-c2cnn3cc(OC(C)(C)CO)ccc23)cc(OC(F)F)c1C(=O)C[C@@H]1C[C@@H]1F. The lowest BCUT2D eigenvalue weighted by molar-refractivity contribution is -0.154. The number of ether oxygens (including phenoxy) is 9. The number of alkyl halides is 9. The third-order valence-electron chi connectivity index (χ3n) is 17.0. The van der Waals surface area contributed by atoms with Crippen LogP contribution in [0.1, 0.15) is 111 Å². The molecule has 22 nitrogen and oxygen atoms in total. The molecule has 0 amide bonds. The fourth-order valence-electron chi connectivity index (χ4n) is 11.2. The quantitative estimate of drug-likeness (QED) is 0.0163. The highest BCUT2D eigenvalue weighted by Crippen LogP contribution is 2.47. The molecule has 3 aromatic carbocycles. The van der Waals surface area contributed by atoms with Crippen molar-refractivity contribution in [2.24, 2.45) is 17.8 Å². The average Bonchev–Trinajstić information content (AvgIpc) is 1.72. The number of methoxy groups -OCH3 is 3. The summed E-state index contributed by atoms with van der Waals surface area (Å²) in [4.78, 5) is 49.5. The van der Waals surface area contributed by atoms with Crippen molar-refractivity contribution in [1.82, 2.24) is 28.8 Å². The summed E-state index contributed by atoms with van der Waals surface area (Å²) in [5.74, 6) is -2.57. The number of benzene rings is 3. The van der Waals surface area contributed by atoms with Crippen LogP contribution in [0, 0.1) is 17.8 Å². The lowest BCUT2D eigenvalue weighted by Crippen LogP contribution is -2.41. The number of hydrogen-bond acceptors (Lipinski definition) is 19. The maximum Gasteiger partial charge on any atom is 0.387 e. The summed E-state index contributed by atoms with van der Waals surface area (Å²) < 4.78 is 171. The number of fused-ring (bicyclic) bond motifs is 3. The first-order valence-corrected chi connectivity index (χ1v) is 32.2. The molecule has 0 radical (unpaired) electrons. The molecule has 0 aliphatic heterocycles. The number of aliphatic hydroxyl groups is 3. The lowest BCUT2D eigenvalue weighted by atomic mass is 9.98. The Kier molecular flexibility index (Phi) is 22.6. The second kappa shape index (κ2) is 30.8. The third-order valence-corrected chi connectivity index (χ3v) is 17.0. The molecule has 3 fully saturated rings. The van der Waals surface area contributed by atoms with Gasteiger partial charge in [0.1, 0.15) is 92.6 Å². The molecule has 9 aromatic rings. The van der Waals surface area contributed by atoms with Crippen LogP contribution in [0.25, 0.3) is 49.9 Å². The molecular weight excluding hydrogens is 1380 g/mol. The fraction of sp³-hybridized carbons (Fsp3) is 0.403. The highest BCUT2D eigenvalue weighted by atomic mass is 19.3. The highest BCUT2D eigenvalue weighted by Gasteiger charge is 2.43. The van der Waals surface area contributed by atoms with E-state index in [4.69, 9.17) is 28.4 Å². The number of halogens is 9.